The zero-order valence-corrected chi connectivity index (χ0v) is 26.0. The van der Waals surface area contributed by atoms with Gasteiger partial charge in [-0.1, -0.05) is 0 Å². The first kappa shape index (κ1) is 26.2. The molecule has 0 aliphatic heterocycles. The van der Waals surface area contributed by atoms with Gasteiger partial charge >= 0.3 is 7.82 Å². The van der Waals surface area contributed by atoms with E-state index in [1.54, 1.807) is 36.4 Å². The van der Waals surface area contributed by atoms with Crippen LogP contribution in [0.3, 0.4) is 0 Å². The molecule has 3 aromatic carbocycles. The molecule has 0 spiro atoms. The first-order valence-corrected chi connectivity index (χ1v) is 14.5. The van der Waals surface area contributed by atoms with Crippen LogP contribution in [0.2, 0.25) is 0 Å². The minimum absolute atomic E-state index is 0.160. The van der Waals surface area contributed by atoms with Gasteiger partial charge in [0.25, 0.3) is 0 Å². The Morgan fingerprint density at radius 1 is 0.500 bits per heavy atom. The Morgan fingerprint density at radius 2 is 0.688 bits per heavy atom. The van der Waals surface area contributed by atoms with Gasteiger partial charge in [-0.3, -0.25) is 0 Å². The lowest BCUT2D eigenvalue weighted by molar-refractivity contribution is 0.295. The number of benzene rings is 3. The third-order valence-corrected chi connectivity index (χ3v) is 8.42. The molecule has 0 unspecified atom stereocenters. The maximum absolute atomic E-state index is 14.0. The molecule has 0 amide bonds. The van der Waals surface area contributed by atoms with Crippen LogP contribution in [0.1, 0.15) is 0 Å². The predicted octanol–water partition coefficient (Wildman–Crippen LogP) is 8.65. The van der Waals surface area contributed by atoms with Crippen molar-refractivity contribution in [3.63, 3.8) is 0 Å². The summed E-state index contributed by atoms with van der Waals surface area (Å²) in [6.45, 7) is 0. The second kappa shape index (κ2) is 10.5. The van der Waals surface area contributed by atoms with Crippen molar-refractivity contribution in [3.8, 4) is 17.2 Å². The van der Waals surface area contributed by atoms with E-state index in [4.69, 9.17) is 30.8 Å². The molecule has 14 heteroatoms. The van der Waals surface area contributed by atoms with Crippen LogP contribution in [0.25, 0.3) is 0 Å². The number of phosphoric acid groups is 1. The van der Waals surface area contributed by atoms with E-state index in [9.17, 15) is 4.57 Å². The average Bonchev–Trinajstić information content (AvgIpc) is 2.64. The summed E-state index contributed by atoms with van der Waals surface area (Å²) in [6.07, 6.45) is 0. The highest BCUT2D eigenvalue weighted by Crippen LogP contribution is 2.57. The van der Waals surface area contributed by atoms with E-state index in [0.29, 0.717) is 43.9 Å². The number of phosphoric ester groups is 1. The summed E-state index contributed by atoms with van der Waals surface area (Å²) in [5, 5.41) is 0. The van der Waals surface area contributed by atoms with Gasteiger partial charge in [0.05, 0.1) is 26.8 Å². The molecule has 0 aromatic heterocycles. The van der Waals surface area contributed by atoms with Crippen LogP contribution in [0.4, 0.5) is 17.1 Å². The Hall–Kier alpha value is -0.430. The molecule has 0 radical (unpaired) electrons. The minimum Gasteiger partial charge on any atom is -0.399 e. The molecule has 0 saturated carbocycles. The number of hydrogen-bond acceptors (Lipinski definition) is 7. The highest BCUT2D eigenvalue weighted by Gasteiger charge is 2.37. The minimum atomic E-state index is -4.39. The molecule has 3 aromatic rings. The molecule has 0 atom stereocenters. The Balaban J connectivity index is 2.12. The smallest absolute Gasteiger partial charge is 0.399 e. The van der Waals surface area contributed by atoms with Crippen molar-refractivity contribution < 1.29 is 18.1 Å². The molecule has 6 N–H and O–H groups in total. The van der Waals surface area contributed by atoms with Crippen molar-refractivity contribution in [1.29, 1.82) is 0 Å². The van der Waals surface area contributed by atoms with Gasteiger partial charge in [-0.25, -0.2) is 0 Å². The second-order valence-corrected chi connectivity index (χ2v) is 12.7. The standard InChI is InChI=1S/C18H12Br6N3O4P/c19-10-1-7(25)2-11(20)16(10)29-32(28,30-17-12(21)3-8(26)4-13(17)22)31-18-14(23)5-9(27)6-15(18)24/h1-6H,25-27H2. The van der Waals surface area contributed by atoms with Gasteiger partial charge in [-0.15, -0.1) is 0 Å². The maximum Gasteiger partial charge on any atom is 0.647 e. The van der Waals surface area contributed by atoms with Crippen LogP contribution >= 0.6 is 103 Å². The Morgan fingerprint density at radius 3 is 0.875 bits per heavy atom. The summed E-state index contributed by atoms with van der Waals surface area (Å²) in [6, 6.07) is 9.55. The van der Waals surface area contributed by atoms with Crippen LogP contribution < -0.4 is 30.8 Å². The highest BCUT2D eigenvalue weighted by atomic mass is 79.9. The number of hydrogen-bond donors (Lipinski definition) is 3. The molecule has 3 rings (SSSR count). The molecule has 32 heavy (non-hydrogen) atoms. The van der Waals surface area contributed by atoms with Gasteiger partial charge in [-0.2, -0.15) is 4.57 Å². The summed E-state index contributed by atoms with van der Waals surface area (Å²) in [5.74, 6) is 0.480. The lowest BCUT2D eigenvalue weighted by Gasteiger charge is -2.23. The summed E-state index contributed by atoms with van der Waals surface area (Å²) >= 11 is 20.2. The van der Waals surface area contributed by atoms with Crippen LogP contribution in [0.5, 0.6) is 17.2 Å². The molecular formula is C18H12Br6N3O4P. The van der Waals surface area contributed by atoms with E-state index < -0.39 is 7.82 Å². The Kier molecular flexibility index (Phi) is 8.55. The van der Waals surface area contributed by atoms with E-state index >= 15 is 0 Å². The third-order valence-electron chi connectivity index (χ3n) is 3.67. The van der Waals surface area contributed by atoms with Crippen molar-refractivity contribution in [2.75, 3.05) is 17.2 Å². The summed E-state index contributed by atoms with van der Waals surface area (Å²) in [7, 11) is -4.39. The van der Waals surface area contributed by atoms with Crippen molar-refractivity contribution in [1.82, 2.24) is 0 Å². The van der Waals surface area contributed by atoms with Gasteiger partial charge in [0, 0.05) is 17.1 Å². The first-order valence-electron chi connectivity index (χ1n) is 8.31. The second-order valence-electron chi connectivity index (χ2n) is 6.16. The van der Waals surface area contributed by atoms with E-state index in [1.807, 2.05) is 0 Å². The fourth-order valence-electron chi connectivity index (χ4n) is 2.39. The summed E-state index contributed by atoms with van der Waals surface area (Å²) < 4.78 is 34.1. The maximum atomic E-state index is 14.0. The molecular weight excluding hydrogens is 833 g/mol. The van der Waals surface area contributed by atoms with Crippen molar-refractivity contribution in [3.05, 3.63) is 63.2 Å². The Labute approximate surface area is 234 Å². The topological polar surface area (TPSA) is 123 Å². The number of rotatable bonds is 6. The van der Waals surface area contributed by atoms with Gasteiger partial charge in [0.2, 0.25) is 0 Å². The zero-order valence-electron chi connectivity index (χ0n) is 15.5. The number of halogens is 6. The first-order chi connectivity index (χ1) is 14.9. The van der Waals surface area contributed by atoms with E-state index in [2.05, 4.69) is 95.6 Å². The largest absolute Gasteiger partial charge is 0.647 e. The lowest BCUT2D eigenvalue weighted by atomic mass is 10.3. The predicted molar refractivity (Wildman–Crippen MR) is 148 cm³/mol. The van der Waals surface area contributed by atoms with E-state index in [1.165, 1.54) is 0 Å². The van der Waals surface area contributed by atoms with Crippen LogP contribution in [0, 0.1) is 0 Å². The van der Waals surface area contributed by atoms with Crippen LogP contribution in [-0.4, -0.2) is 0 Å². The molecule has 170 valence electrons. The molecule has 0 aliphatic rings. The van der Waals surface area contributed by atoms with Gasteiger partial charge < -0.3 is 30.8 Å². The molecule has 0 heterocycles. The van der Waals surface area contributed by atoms with E-state index in [0.717, 1.165) is 0 Å². The van der Waals surface area contributed by atoms with Gasteiger partial charge in [0.15, 0.2) is 17.2 Å². The molecule has 0 aliphatic carbocycles. The lowest BCUT2D eigenvalue weighted by Crippen LogP contribution is -2.10. The monoisotopic (exact) mass is 839 g/mol. The van der Waals surface area contributed by atoms with Gasteiger partial charge in [0.1, 0.15) is 0 Å². The van der Waals surface area contributed by atoms with Crippen molar-refractivity contribution >= 4 is 120 Å². The fourth-order valence-corrected chi connectivity index (χ4v) is 8.67. The SMILES string of the molecule is Nc1cc(Br)c(OP(=O)(Oc2c(Br)cc(N)cc2Br)Oc2c(Br)cc(N)cc2Br)c(Br)c1. The van der Waals surface area contributed by atoms with Crippen LogP contribution in [0.15, 0.2) is 63.2 Å². The van der Waals surface area contributed by atoms with E-state index in [-0.39, 0.29) is 17.2 Å². The molecule has 0 saturated heterocycles. The zero-order chi connectivity index (χ0) is 23.8. The quantitative estimate of drug-likeness (QED) is 0.168. The summed E-state index contributed by atoms with van der Waals surface area (Å²) in [4.78, 5) is 0. The highest BCUT2D eigenvalue weighted by molar-refractivity contribution is 9.12. The average molecular weight is 845 g/mol. The third kappa shape index (κ3) is 6.17. The fraction of sp³-hybridized carbons (Fsp3) is 0. The van der Waals surface area contributed by atoms with Crippen molar-refractivity contribution in [2.45, 2.75) is 0 Å². The Bertz CT molecular complexity index is 1040. The molecule has 0 bridgehead atoms. The molecule has 0 fully saturated rings. The number of anilines is 3. The normalized spacial score (nSPS) is 11.3. The molecule has 7 nitrogen and oxygen atoms in total. The van der Waals surface area contributed by atoms with Crippen molar-refractivity contribution in [2.24, 2.45) is 0 Å². The number of nitrogens with two attached hydrogens (primary N) is 3. The van der Waals surface area contributed by atoms with Gasteiger partial charge in [-0.05, 0) is 132 Å². The number of nitrogen functional groups attached to an aromatic ring is 3. The van der Waals surface area contributed by atoms with Crippen LogP contribution in [-0.2, 0) is 4.57 Å². The summed E-state index contributed by atoms with van der Waals surface area (Å²) in [5.41, 5.74) is 18.9.